The van der Waals surface area contributed by atoms with Crippen molar-refractivity contribution in [2.45, 2.75) is 6.92 Å². The summed E-state index contributed by atoms with van der Waals surface area (Å²) in [6, 6.07) is 15.7. The van der Waals surface area contributed by atoms with Crippen LogP contribution < -0.4 is 20.7 Å². The molecule has 0 saturated heterocycles. The van der Waals surface area contributed by atoms with E-state index in [4.69, 9.17) is 4.74 Å². The molecule has 3 N–H and O–H groups in total. The lowest BCUT2D eigenvalue weighted by Crippen LogP contribution is -2.36. The molecule has 24 heavy (non-hydrogen) atoms. The van der Waals surface area contributed by atoms with Crippen LogP contribution in [0.5, 0.6) is 5.75 Å². The van der Waals surface area contributed by atoms with Crippen LogP contribution in [-0.4, -0.2) is 31.6 Å². The van der Waals surface area contributed by atoms with E-state index < -0.39 is 0 Å². The summed E-state index contributed by atoms with van der Waals surface area (Å²) in [7, 11) is 0. The molecule has 0 aliphatic rings. The van der Waals surface area contributed by atoms with E-state index >= 15 is 0 Å². The number of carbonyl (C=O) groups is 2. The second-order valence-corrected chi connectivity index (χ2v) is 4.96. The zero-order valence-corrected chi connectivity index (χ0v) is 13.5. The van der Waals surface area contributed by atoms with Crippen LogP contribution in [0.4, 0.5) is 10.5 Å². The molecule has 0 fully saturated rings. The zero-order chi connectivity index (χ0) is 17.2. The quantitative estimate of drug-likeness (QED) is 0.684. The third-order valence-electron chi connectivity index (χ3n) is 3.16. The maximum Gasteiger partial charge on any atom is 0.319 e. The molecule has 0 heterocycles. The molecule has 0 aromatic heterocycles. The molecular weight excluding hydrogens is 306 g/mol. The van der Waals surface area contributed by atoms with Gasteiger partial charge in [0.2, 0.25) is 0 Å². The molecular formula is C18H21N3O3. The molecule has 6 nitrogen and oxygen atoms in total. The van der Waals surface area contributed by atoms with Gasteiger partial charge in [0.1, 0.15) is 5.75 Å². The van der Waals surface area contributed by atoms with Crippen LogP contribution in [-0.2, 0) is 0 Å². The Hall–Kier alpha value is -3.02. The van der Waals surface area contributed by atoms with Gasteiger partial charge in [-0.3, -0.25) is 4.79 Å². The first-order valence-corrected chi connectivity index (χ1v) is 7.80. The van der Waals surface area contributed by atoms with E-state index in [1.54, 1.807) is 48.5 Å². The number of nitrogens with one attached hydrogen (secondary N) is 3. The second-order valence-electron chi connectivity index (χ2n) is 4.96. The highest BCUT2D eigenvalue weighted by molar-refractivity contribution is 5.94. The molecule has 0 spiro atoms. The average molecular weight is 327 g/mol. The number of hydrogen-bond donors (Lipinski definition) is 3. The van der Waals surface area contributed by atoms with E-state index in [1.807, 2.05) is 13.0 Å². The van der Waals surface area contributed by atoms with Crippen molar-refractivity contribution in [3.63, 3.8) is 0 Å². The minimum absolute atomic E-state index is 0.163. The molecule has 0 aliphatic heterocycles. The van der Waals surface area contributed by atoms with Gasteiger partial charge in [0.05, 0.1) is 6.61 Å². The van der Waals surface area contributed by atoms with Gasteiger partial charge in [-0.15, -0.1) is 0 Å². The predicted molar refractivity (Wildman–Crippen MR) is 93.4 cm³/mol. The second kappa shape index (κ2) is 9.19. The van der Waals surface area contributed by atoms with Gasteiger partial charge >= 0.3 is 6.03 Å². The van der Waals surface area contributed by atoms with Gasteiger partial charge in [-0.25, -0.2) is 4.79 Å². The Morgan fingerprint density at radius 3 is 2.25 bits per heavy atom. The normalized spacial score (nSPS) is 9.88. The number of benzene rings is 2. The summed E-state index contributed by atoms with van der Waals surface area (Å²) >= 11 is 0. The monoisotopic (exact) mass is 327 g/mol. The summed E-state index contributed by atoms with van der Waals surface area (Å²) in [5, 5.41) is 8.14. The van der Waals surface area contributed by atoms with Crippen LogP contribution >= 0.6 is 0 Å². The lowest BCUT2D eigenvalue weighted by Gasteiger charge is -2.09. The number of urea groups is 1. The number of rotatable bonds is 7. The Labute approximate surface area is 141 Å². The molecule has 6 heteroatoms. The fraction of sp³-hybridized carbons (Fsp3) is 0.222. The van der Waals surface area contributed by atoms with Crippen LogP contribution in [0.15, 0.2) is 54.6 Å². The molecule has 2 aromatic carbocycles. The van der Waals surface area contributed by atoms with Gasteiger partial charge in [0.15, 0.2) is 0 Å². The van der Waals surface area contributed by atoms with Crippen LogP contribution in [0, 0.1) is 0 Å². The number of carbonyl (C=O) groups excluding carboxylic acids is 2. The maximum atomic E-state index is 11.8. The van der Waals surface area contributed by atoms with Gasteiger partial charge in [-0.1, -0.05) is 18.2 Å². The number of ether oxygens (including phenoxy) is 1. The summed E-state index contributed by atoms with van der Waals surface area (Å²) in [6.45, 7) is 3.20. The molecule has 2 aromatic rings. The lowest BCUT2D eigenvalue weighted by atomic mass is 10.2. The molecule has 126 valence electrons. The van der Waals surface area contributed by atoms with E-state index in [0.717, 1.165) is 5.75 Å². The minimum Gasteiger partial charge on any atom is -0.494 e. The minimum atomic E-state index is -0.326. The molecule has 0 saturated carbocycles. The third-order valence-corrected chi connectivity index (χ3v) is 3.16. The van der Waals surface area contributed by atoms with E-state index in [0.29, 0.717) is 30.9 Å². The van der Waals surface area contributed by atoms with Crippen molar-refractivity contribution in [3.8, 4) is 5.75 Å². The van der Waals surface area contributed by atoms with Gasteiger partial charge in [-0.05, 0) is 43.3 Å². The Balaban J connectivity index is 1.67. The topological polar surface area (TPSA) is 79.5 Å². The van der Waals surface area contributed by atoms with Crippen molar-refractivity contribution >= 4 is 17.6 Å². The summed E-state index contributed by atoms with van der Waals surface area (Å²) in [4.78, 5) is 23.6. The molecule has 2 rings (SSSR count). The van der Waals surface area contributed by atoms with E-state index in [1.165, 1.54) is 0 Å². The summed E-state index contributed by atoms with van der Waals surface area (Å²) < 4.78 is 5.34. The Bertz CT molecular complexity index is 657. The molecule has 3 amide bonds. The smallest absolute Gasteiger partial charge is 0.319 e. The SMILES string of the molecule is CCOc1ccc(NC(=O)NCCNC(=O)c2ccccc2)cc1. The van der Waals surface area contributed by atoms with E-state index in [-0.39, 0.29) is 11.9 Å². The molecule has 0 aliphatic carbocycles. The summed E-state index contributed by atoms with van der Waals surface area (Å²) in [5.74, 6) is 0.594. The molecule has 0 atom stereocenters. The molecule has 0 unspecified atom stereocenters. The van der Waals surface area contributed by atoms with Gasteiger partial charge in [-0.2, -0.15) is 0 Å². The molecule has 0 radical (unpaired) electrons. The largest absolute Gasteiger partial charge is 0.494 e. The van der Waals surface area contributed by atoms with Crippen molar-refractivity contribution in [1.29, 1.82) is 0 Å². The van der Waals surface area contributed by atoms with Crippen LogP contribution in [0.1, 0.15) is 17.3 Å². The summed E-state index contributed by atoms with van der Waals surface area (Å²) in [5.41, 5.74) is 1.26. The number of amides is 3. The Kier molecular flexibility index (Phi) is 6.64. The lowest BCUT2D eigenvalue weighted by molar-refractivity contribution is 0.0954. The van der Waals surface area contributed by atoms with Crippen LogP contribution in [0.3, 0.4) is 0 Å². The maximum absolute atomic E-state index is 11.8. The third kappa shape index (κ3) is 5.64. The predicted octanol–water partition coefficient (Wildman–Crippen LogP) is 2.64. The van der Waals surface area contributed by atoms with Gasteiger partial charge in [0.25, 0.3) is 5.91 Å². The van der Waals surface area contributed by atoms with E-state index in [9.17, 15) is 9.59 Å². The Morgan fingerprint density at radius 1 is 0.917 bits per heavy atom. The van der Waals surface area contributed by atoms with Gasteiger partial charge in [0, 0.05) is 24.3 Å². The average Bonchev–Trinajstić information content (AvgIpc) is 2.61. The summed E-state index contributed by atoms with van der Waals surface area (Å²) in [6.07, 6.45) is 0. The zero-order valence-electron chi connectivity index (χ0n) is 13.5. The van der Waals surface area contributed by atoms with Crippen LogP contribution in [0.2, 0.25) is 0 Å². The first-order chi connectivity index (χ1) is 11.7. The highest BCUT2D eigenvalue weighted by Gasteiger charge is 2.04. The van der Waals surface area contributed by atoms with Gasteiger partial charge < -0.3 is 20.7 Å². The number of anilines is 1. The number of hydrogen-bond acceptors (Lipinski definition) is 3. The first-order valence-electron chi connectivity index (χ1n) is 7.80. The standard InChI is InChI=1S/C18H21N3O3/c1-2-24-16-10-8-15(9-11-16)21-18(23)20-13-12-19-17(22)14-6-4-3-5-7-14/h3-11H,2,12-13H2,1H3,(H,19,22)(H2,20,21,23). The van der Waals surface area contributed by atoms with Crippen molar-refractivity contribution in [2.75, 3.05) is 25.0 Å². The van der Waals surface area contributed by atoms with Crippen molar-refractivity contribution in [3.05, 3.63) is 60.2 Å². The Morgan fingerprint density at radius 2 is 1.58 bits per heavy atom. The highest BCUT2D eigenvalue weighted by atomic mass is 16.5. The van der Waals surface area contributed by atoms with Crippen molar-refractivity contribution < 1.29 is 14.3 Å². The highest BCUT2D eigenvalue weighted by Crippen LogP contribution is 2.15. The van der Waals surface area contributed by atoms with Crippen molar-refractivity contribution in [2.24, 2.45) is 0 Å². The molecule has 0 bridgehead atoms. The first kappa shape index (κ1) is 17.3. The van der Waals surface area contributed by atoms with Crippen molar-refractivity contribution in [1.82, 2.24) is 10.6 Å². The fourth-order valence-corrected chi connectivity index (χ4v) is 2.02. The fourth-order valence-electron chi connectivity index (χ4n) is 2.02. The van der Waals surface area contributed by atoms with E-state index in [2.05, 4.69) is 16.0 Å². The van der Waals surface area contributed by atoms with Crippen LogP contribution in [0.25, 0.3) is 0 Å².